The Kier molecular flexibility index (Phi) is 4.69. The molecule has 1 atom stereocenters. The fraction of sp³-hybridized carbons (Fsp3) is 0.400. The van der Waals surface area contributed by atoms with Crippen molar-refractivity contribution in [2.45, 2.75) is 17.9 Å². The Labute approximate surface area is 91.6 Å². The van der Waals surface area contributed by atoms with Gasteiger partial charge in [0.05, 0.1) is 0 Å². The molecular formula is C10H11ClF2S. The predicted molar refractivity (Wildman–Crippen MR) is 57.8 cm³/mol. The molecule has 1 unspecified atom stereocenters. The van der Waals surface area contributed by atoms with Crippen molar-refractivity contribution in [1.29, 1.82) is 0 Å². The van der Waals surface area contributed by atoms with Gasteiger partial charge in [-0.05, 0) is 12.1 Å². The van der Waals surface area contributed by atoms with E-state index < -0.39 is 11.6 Å². The maximum atomic E-state index is 13.1. The van der Waals surface area contributed by atoms with Crippen LogP contribution in [-0.2, 0) is 5.75 Å². The molecule has 0 fully saturated rings. The third-order valence-corrected chi connectivity index (χ3v) is 3.63. The Hall–Kier alpha value is -0.280. The molecule has 0 aliphatic heterocycles. The Balaban J connectivity index is 2.66. The highest BCUT2D eigenvalue weighted by molar-refractivity contribution is 7.99. The summed E-state index contributed by atoms with van der Waals surface area (Å²) in [4.78, 5) is 0. The minimum Gasteiger partial charge on any atom is -0.207 e. The van der Waals surface area contributed by atoms with Gasteiger partial charge in [-0.15, -0.1) is 11.6 Å². The molecule has 0 saturated carbocycles. The zero-order valence-corrected chi connectivity index (χ0v) is 9.34. The van der Waals surface area contributed by atoms with Gasteiger partial charge in [0.25, 0.3) is 0 Å². The number of alkyl halides is 1. The smallest absolute Gasteiger partial charge is 0.130 e. The van der Waals surface area contributed by atoms with Crippen molar-refractivity contribution in [3.05, 3.63) is 35.4 Å². The van der Waals surface area contributed by atoms with Gasteiger partial charge in [0.2, 0.25) is 0 Å². The molecule has 0 heterocycles. The molecule has 78 valence electrons. The fourth-order valence-electron chi connectivity index (χ4n) is 0.940. The average molecular weight is 237 g/mol. The molecule has 0 saturated heterocycles. The van der Waals surface area contributed by atoms with Gasteiger partial charge in [0, 0.05) is 22.4 Å². The molecule has 0 radical (unpaired) electrons. The molecule has 0 aromatic heterocycles. The van der Waals surface area contributed by atoms with Crippen LogP contribution < -0.4 is 0 Å². The normalized spacial score (nSPS) is 12.9. The summed E-state index contributed by atoms with van der Waals surface area (Å²) in [6, 6.07) is 3.90. The topological polar surface area (TPSA) is 0 Å². The lowest BCUT2D eigenvalue weighted by Crippen LogP contribution is -2.00. The lowest BCUT2D eigenvalue weighted by molar-refractivity contribution is 0.566. The summed E-state index contributed by atoms with van der Waals surface area (Å²) >= 11 is 7.04. The van der Waals surface area contributed by atoms with Gasteiger partial charge in [0.1, 0.15) is 11.6 Å². The molecule has 0 N–H and O–H groups in total. The summed E-state index contributed by atoms with van der Waals surface area (Å²) in [6.07, 6.45) is 0. The Bertz CT molecular complexity index is 284. The van der Waals surface area contributed by atoms with Gasteiger partial charge in [-0.25, -0.2) is 8.78 Å². The molecule has 0 nitrogen and oxygen atoms in total. The van der Waals surface area contributed by atoms with Crippen LogP contribution in [0.25, 0.3) is 0 Å². The largest absolute Gasteiger partial charge is 0.207 e. The van der Waals surface area contributed by atoms with Crippen molar-refractivity contribution < 1.29 is 8.78 Å². The van der Waals surface area contributed by atoms with E-state index >= 15 is 0 Å². The van der Waals surface area contributed by atoms with E-state index in [4.69, 9.17) is 11.6 Å². The summed E-state index contributed by atoms with van der Waals surface area (Å²) in [7, 11) is 0. The zero-order valence-electron chi connectivity index (χ0n) is 7.77. The van der Waals surface area contributed by atoms with Gasteiger partial charge in [0.15, 0.2) is 0 Å². The van der Waals surface area contributed by atoms with Crippen LogP contribution in [-0.4, -0.2) is 11.1 Å². The molecule has 14 heavy (non-hydrogen) atoms. The van der Waals surface area contributed by atoms with Crippen molar-refractivity contribution in [2.75, 3.05) is 5.88 Å². The van der Waals surface area contributed by atoms with E-state index in [0.717, 1.165) is 0 Å². The third kappa shape index (κ3) is 3.14. The van der Waals surface area contributed by atoms with Crippen molar-refractivity contribution in [1.82, 2.24) is 0 Å². The zero-order chi connectivity index (χ0) is 10.6. The van der Waals surface area contributed by atoms with E-state index in [1.807, 2.05) is 6.92 Å². The van der Waals surface area contributed by atoms with Gasteiger partial charge in [-0.2, -0.15) is 11.8 Å². The molecule has 1 rings (SSSR count). The van der Waals surface area contributed by atoms with Crippen molar-refractivity contribution in [3.8, 4) is 0 Å². The number of thioether (sulfide) groups is 1. The Morgan fingerprint density at radius 3 is 2.43 bits per heavy atom. The summed E-state index contributed by atoms with van der Waals surface area (Å²) < 4.78 is 26.2. The lowest BCUT2D eigenvalue weighted by Gasteiger charge is -2.08. The van der Waals surface area contributed by atoms with E-state index in [9.17, 15) is 8.78 Å². The number of benzene rings is 1. The Morgan fingerprint density at radius 1 is 1.36 bits per heavy atom. The highest BCUT2D eigenvalue weighted by atomic mass is 35.5. The standard InChI is InChI=1S/C10H11ClF2S/c1-7(5-11)14-6-8-9(12)3-2-4-10(8)13/h2-4,7H,5-6H2,1H3. The van der Waals surface area contributed by atoms with E-state index in [1.165, 1.54) is 30.0 Å². The van der Waals surface area contributed by atoms with E-state index in [1.54, 1.807) is 0 Å². The summed E-state index contributed by atoms with van der Waals surface area (Å²) in [5.41, 5.74) is 0.134. The van der Waals surface area contributed by atoms with Crippen LogP contribution >= 0.6 is 23.4 Å². The average Bonchev–Trinajstić information content (AvgIpc) is 2.16. The van der Waals surface area contributed by atoms with Crippen molar-refractivity contribution >= 4 is 23.4 Å². The highest BCUT2D eigenvalue weighted by Gasteiger charge is 2.09. The molecular weight excluding hydrogens is 226 g/mol. The van der Waals surface area contributed by atoms with Crippen molar-refractivity contribution in [3.63, 3.8) is 0 Å². The first-order chi connectivity index (χ1) is 6.65. The van der Waals surface area contributed by atoms with Crippen LogP contribution in [0.4, 0.5) is 8.78 Å². The molecule has 0 spiro atoms. The minimum absolute atomic E-state index is 0.134. The van der Waals surface area contributed by atoms with Crippen LogP contribution in [0.1, 0.15) is 12.5 Å². The third-order valence-electron chi connectivity index (χ3n) is 1.79. The minimum atomic E-state index is -0.487. The van der Waals surface area contributed by atoms with E-state index in [-0.39, 0.29) is 10.8 Å². The SMILES string of the molecule is CC(CCl)SCc1c(F)cccc1F. The number of hydrogen-bond donors (Lipinski definition) is 0. The van der Waals surface area contributed by atoms with Crippen LogP contribution in [0.3, 0.4) is 0 Å². The molecule has 1 aromatic carbocycles. The Morgan fingerprint density at radius 2 is 1.93 bits per heavy atom. The summed E-state index contributed by atoms with van der Waals surface area (Å²) in [5.74, 6) is -0.161. The first kappa shape index (κ1) is 11.8. The maximum Gasteiger partial charge on any atom is 0.130 e. The monoisotopic (exact) mass is 236 g/mol. The second kappa shape index (κ2) is 5.56. The molecule has 0 amide bonds. The predicted octanol–water partition coefficient (Wildman–Crippen LogP) is 3.83. The molecule has 0 bridgehead atoms. The van der Waals surface area contributed by atoms with Crippen molar-refractivity contribution in [2.24, 2.45) is 0 Å². The molecule has 0 aliphatic rings. The quantitative estimate of drug-likeness (QED) is 0.716. The number of rotatable bonds is 4. The molecule has 1 aromatic rings. The summed E-state index contributed by atoms with van der Waals surface area (Å²) in [6.45, 7) is 1.93. The second-order valence-corrected chi connectivity index (χ2v) is 4.71. The summed E-state index contributed by atoms with van der Waals surface area (Å²) in [5, 5.41) is 0.204. The van der Waals surface area contributed by atoms with Crippen LogP contribution in [0.2, 0.25) is 0 Å². The second-order valence-electron chi connectivity index (χ2n) is 2.98. The van der Waals surface area contributed by atoms with Gasteiger partial charge >= 0.3 is 0 Å². The maximum absolute atomic E-state index is 13.1. The molecule has 4 heteroatoms. The number of halogens is 3. The van der Waals surface area contributed by atoms with Gasteiger partial charge in [-0.1, -0.05) is 13.0 Å². The molecule has 0 aliphatic carbocycles. The van der Waals surface area contributed by atoms with Crippen LogP contribution in [0.5, 0.6) is 0 Å². The van der Waals surface area contributed by atoms with Crippen LogP contribution in [0, 0.1) is 11.6 Å². The number of hydrogen-bond acceptors (Lipinski definition) is 1. The first-order valence-electron chi connectivity index (χ1n) is 4.25. The highest BCUT2D eigenvalue weighted by Crippen LogP contribution is 2.22. The first-order valence-corrected chi connectivity index (χ1v) is 5.84. The fourth-order valence-corrected chi connectivity index (χ4v) is 2.02. The van der Waals surface area contributed by atoms with E-state index in [0.29, 0.717) is 11.6 Å². The van der Waals surface area contributed by atoms with Gasteiger partial charge < -0.3 is 0 Å². The van der Waals surface area contributed by atoms with Crippen LogP contribution in [0.15, 0.2) is 18.2 Å². The van der Waals surface area contributed by atoms with Gasteiger partial charge in [-0.3, -0.25) is 0 Å². The lowest BCUT2D eigenvalue weighted by atomic mass is 10.2. The van der Waals surface area contributed by atoms with E-state index in [2.05, 4.69) is 0 Å².